The van der Waals surface area contributed by atoms with Crippen molar-refractivity contribution in [3.63, 3.8) is 0 Å². The molecule has 0 spiro atoms. The number of hydrogen-bond donors (Lipinski definition) is 1. The Morgan fingerprint density at radius 3 is 2.74 bits per heavy atom. The van der Waals surface area contributed by atoms with Crippen molar-refractivity contribution in [2.45, 2.75) is 51.4 Å². The molecule has 1 aromatic rings. The highest BCUT2D eigenvalue weighted by molar-refractivity contribution is 5.79. The van der Waals surface area contributed by atoms with Crippen molar-refractivity contribution in [2.75, 3.05) is 6.54 Å². The molecule has 4 heteroatoms. The summed E-state index contributed by atoms with van der Waals surface area (Å²) < 4.78 is 1.98. The number of carbonyl (C=O) groups excluding carboxylic acids is 1. The second-order valence-corrected chi connectivity index (χ2v) is 5.93. The lowest BCUT2D eigenvalue weighted by atomic mass is 9.70. The first kappa shape index (κ1) is 14.3. The van der Waals surface area contributed by atoms with Gasteiger partial charge in [0.25, 0.3) is 0 Å². The molecule has 19 heavy (non-hydrogen) atoms. The van der Waals surface area contributed by atoms with Gasteiger partial charge in [-0.15, -0.1) is 0 Å². The second-order valence-electron chi connectivity index (χ2n) is 5.93. The van der Waals surface area contributed by atoms with Crippen molar-refractivity contribution in [2.24, 2.45) is 18.2 Å². The molecular formula is C15H25N3O. The first-order valence-electron chi connectivity index (χ1n) is 7.33. The fourth-order valence-corrected chi connectivity index (χ4v) is 3.15. The lowest BCUT2D eigenvalue weighted by molar-refractivity contribution is -0.121. The minimum Gasteiger partial charge on any atom is -0.338 e. The number of carbonyl (C=O) groups is 1. The maximum atomic E-state index is 12.2. The van der Waals surface area contributed by atoms with Crippen molar-refractivity contribution < 1.29 is 4.79 Å². The van der Waals surface area contributed by atoms with E-state index in [0.717, 1.165) is 25.1 Å². The number of hydrogen-bond acceptors (Lipinski definition) is 3. The van der Waals surface area contributed by atoms with Crippen molar-refractivity contribution in [3.8, 4) is 0 Å². The van der Waals surface area contributed by atoms with Gasteiger partial charge in [0.2, 0.25) is 0 Å². The molecule has 0 saturated heterocycles. The molecule has 0 bridgehead atoms. The molecule has 1 aromatic heterocycles. The molecule has 0 aliphatic heterocycles. The number of imidazole rings is 1. The van der Waals surface area contributed by atoms with Crippen LogP contribution in [-0.2, 0) is 18.3 Å². The molecule has 2 N–H and O–H groups in total. The molecule has 0 unspecified atom stereocenters. The summed E-state index contributed by atoms with van der Waals surface area (Å²) in [6.45, 7) is 0.654. The molecule has 1 aliphatic rings. The molecule has 1 heterocycles. The van der Waals surface area contributed by atoms with Crippen LogP contribution in [0.2, 0.25) is 0 Å². The van der Waals surface area contributed by atoms with Gasteiger partial charge in [0.1, 0.15) is 11.6 Å². The number of aryl methyl sites for hydroxylation is 2. The Labute approximate surface area is 115 Å². The number of nitrogens with zero attached hydrogens (tertiary/aromatic N) is 2. The van der Waals surface area contributed by atoms with Gasteiger partial charge >= 0.3 is 0 Å². The van der Waals surface area contributed by atoms with Crippen molar-refractivity contribution in [3.05, 3.63) is 18.2 Å². The first-order valence-corrected chi connectivity index (χ1v) is 7.33. The minimum atomic E-state index is 0.0942. The van der Waals surface area contributed by atoms with Crippen LogP contribution in [0.15, 0.2) is 12.4 Å². The van der Waals surface area contributed by atoms with E-state index in [4.69, 9.17) is 5.73 Å². The normalized spacial score (nSPS) is 18.4. The molecule has 1 fully saturated rings. The zero-order valence-electron chi connectivity index (χ0n) is 11.9. The van der Waals surface area contributed by atoms with E-state index >= 15 is 0 Å². The highest BCUT2D eigenvalue weighted by Crippen LogP contribution is 2.38. The van der Waals surface area contributed by atoms with Crippen LogP contribution >= 0.6 is 0 Å². The number of nitrogens with two attached hydrogens (primary N) is 1. The largest absolute Gasteiger partial charge is 0.338 e. The number of aromatic nitrogens is 2. The topological polar surface area (TPSA) is 60.9 Å². The Balaban J connectivity index is 1.84. The first-order chi connectivity index (χ1) is 9.15. The highest BCUT2D eigenvalue weighted by atomic mass is 16.1. The van der Waals surface area contributed by atoms with E-state index in [9.17, 15) is 4.79 Å². The summed E-state index contributed by atoms with van der Waals surface area (Å²) in [6, 6.07) is 0. The standard InChI is InChI=1S/C15H25N3O/c1-18-10-9-17-14(18)6-5-13(19)11-15(12-16)7-3-2-4-8-15/h9-10H,2-8,11-12,16H2,1H3. The zero-order valence-corrected chi connectivity index (χ0v) is 11.9. The second kappa shape index (κ2) is 6.33. The SMILES string of the molecule is Cn1ccnc1CCC(=O)CC1(CN)CCCCC1. The fraction of sp³-hybridized carbons (Fsp3) is 0.733. The summed E-state index contributed by atoms with van der Waals surface area (Å²) in [5.74, 6) is 1.33. The molecule has 0 radical (unpaired) electrons. The zero-order chi connectivity index (χ0) is 13.7. The third-order valence-electron chi connectivity index (χ3n) is 4.47. The molecule has 4 nitrogen and oxygen atoms in total. The van der Waals surface area contributed by atoms with Gasteiger partial charge in [0, 0.05) is 38.7 Å². The van der Waals surface area contributed by atoms with E-state index < -0.39 is 0 Å². The van der Waals surface area contributed by atoms with E-state index in [-0.39, 0.29) is 5.41 Å². The fourth-order valence-electron chi connectivity index (χ4n) is 3.15. The molecule has 0 atom stereocenters. The van der Waals surface area contributed by atoms with E-state index in [2.05, 4.69) is 4.98 Å². The van der Waals surface area contributed by atoms with Crippen molar-refractivity contribution in [1.82, 2.24) is 9.55 Å². The van der Waals surface area contributed by atoms with Crippen molar-refractivity contribution in [1.29, 1.82) is 0 Å². The quantitative estimate of drug-likeness (QED) is 0.856. The Morgan fingerprint density at radius 2 is 2.16 bits per heavy atom. The predicted molar refractivity (Wildman–Crippen MR) is 75.7 cm³/mol. The maximum absolute atomic E-state index is 12.2. The Bertz CT molecular complexity index is 419. The number of rotatable bonds is 6. The molecule has 2 rings (SSSR count). The van der Waals surface area contributed by atoms with Crippen molar-refractivity contribution >= 4 is 5.78 Å². The van der Waals surface area contributed by atoms with Crippen LogP contribution in [0.25, 0.3) is 0 Å². The molecule has 0 aromatic carbocycles. The summed E-state index contributed by atoms with van der Waals surface area (Å²) in [5.41, 5.74) is 6.03. The summed E-state index contributed by atoms with van der Waals surface area (Å²) in [6.07, 6.45) is 11.7. The van der Waals surface area contributed by atoms with Gasteiger partial charge in [-0.2, -0.15) is 0 Å². The third kappa shape index (κ3) is 3.66. The van der Waals surface area contributed by atoms with Gasteiger partial charge in [-0.05, 0) is 24.8 Å². The van der Waals surface area contributed by atoms with E-state index in [1.807, 2.05) is 17.8 Å². The minimum absolute atomic E-state index is 0.0942. The van der Waals surface area contributed by atoms with Gasteiger partial charge in [0.05, 0.1) is 0 Å². The van der Waals surface area contributed by atoms with E-state index in [1.165, 1.54) is 19.3 Å². The highest BCUT2D eigenvalue weighted by Gasteiger charge is 2.32. The van der Waals surface area contributed by atoms with Crippen LogP contribution in [-0.4, -0.2) is 21.9 Å². The summed E-state index contributed by atoms with van der Waals surface area (Å²) in [4.78, 5) is 16.4. The Kier molecular flexibility index (Phi) is 4.75. The van der Waals surface area contributed by atoms with Crippen LogP contribution in [0.4, 0.5) is 0 Å². The van der Waals surface area contributed by atoms with Crippen LogP contribution in [0.3, 0.4) is 0 Å². The molecule has 1 aliphatic carbocycles. The molecule has 1 saturated carbocycles. The lowest BCUT2D eigenvalue weighted by Crippen LogP contribution is -2.35. The summed E-state index contributed by atoms with van der Waals surface area (Å²) >= 11 is 0. The number of ketones is 1. The van der Waals surface area contributed by atoms with Gasteiger partial charge in [-0.25, -0.2) is 4.98 Å². The third-order valence-corrected chi connectivity index (χ3v) is 4.47. The van der Waals surface area contributed by atoms with Crippen LogP contribution in [0.5, 0.6) is 0 Å². The smallest absolute Gasteiger partial charge is 0.133 e. The van der Waals surface area contributed by atoms with Gasteiger partial charge in [-0.1, -0.05) is 19.3 Å². The predicted octanol–water partition coefficient (Wildman–Crippen LogP) is 2.22. The Hall–Kier alpha value is -1.16. The average Bonchev–Trinajstić information content (AvgIpc) is 2.83. The maximum Gasteiger partial charge on any atom is 0.133 e. The average molecular weight is 263 g/mol. The van der Waals surface area contributed by atoms with Crippen LogP contribution in [0, 0.1) is 5.41 Å². The summed E-state index contributed by atoms with van der Waals surface area (Å²) in [5, 5.41) is 0. The number of Topliss-reactive ketones (excluding diaryl/α,β-unsaturated/α-hetero) is 1. The molecule has 106 valence electrons. The molecule has 0 amide bonds. The van der Waals surface area contributed by atoms with Gasteiger partial charge in [0.15, 0.2) is 0 Å². The Morgan fingerprint density at radius 1 is 1.42 bits per heavy atom. The summed E-state index contributed by atoms with van der Waals surface area (Å²) in [7, 11) is 1.97. The van der Waals surface area contributed by atoms with Gasteiger partial charge < -0.3 is 10.3 Å². The van der Waals surface area contributed by atoms with Crippen LogP contribution in [0.1, 0.15) is 50.8 Å². The molecular weight excluding hydrogens is 238 g/mol. The van der Waals surface area contributed by atoms with E-state index in [0.29, 0.717) is 25.2 Å². The lowest BCUT2D eigenvalue weighted by Gasteiger charge is -2.35. The van der Waals surface area contributed by atoms with E-state index in [1.54, 1.807) is 6.20 Å². The van der Waals surface area contributed by atoms with Crippen LogP contribution < -0.4 is 5.73 Å². The van der Waals surface area contributed by atoms with Gasteiger partial charge in [-0.3, -0.25) is 4.79 Å². The monoisotopic (exact) mass is 263 g/mol.